The molecule has 0 aliphatic heterocycles. The van der Waals surface area contributed by atoms with Crippen molar-refractivity contribution >= 4 is 17.6 Å². The van der Waals surface area contributed by atoms with Gasteiger partial charge in [-0.3, -0.25) is 0 Å². The molecule has 0 bridgehead atoms. The molecule has 0 radical (unpaired) electrons. The van der Waals surface area contributed by atoms with E-state index in [9.17, 15) is 13.6 Å². The van der Waals surface area contributed by atoms with E-state index in [1.807, 2.05) is 0 Å². The van der Waals surface area contributed by atoms with Crippen molar-refractivity contribution in [2.24, 2.45) is 0 Å². The molecule has 100 valence electrons. The number of halogens is 3. The van der Waals surface area contributed by atoms with Gasteiger partial charge in [-0.05, 0) is 13.0 Å². The third kappa shape index (κ3) is 2.55. The van der Waals surface area contributed by atoms with E-state index >= 15 is 0 Å². The van der Waals surface area contributed by atoms with Crippen LogP contribution in [0.1, 0.15) is 17.4 Å². The minimum atomic E-state index is -0.950. The summed E-state index contributed by atoms with van der Waals surface area (Å²) in [5.74, 6) is -2.55. The Labute approximate surface area is 111 Å². The molecular weight excluding hydrogens is 280 g/mol. The van der Waals surface area contributed by atoms with Gasteiger partial charge in [-0.1, -0.05) is 11.6 Å². The molecule has 5 nitrogen and oxygen atoms in total. The average Bonchev–Trinajstić information content (AvgIpc) is 2.83. The zero-order valence-electron chi connectivity index (χ0n) is 9.71. The number of esters is 1. The number of nitrogens with zero attached hydrogens (tertiary/aromatic N) is 2. The average molecular weight is 288 g/mol. The van der Waals surface area contributed by atoms with Gasteiger partial charge in [0, 0.05) is 11.6 Å². The lowest BCUT2D eigenvalue weighted by Crippen LogP contribution is -2.07. The maximum Gasteiger partial charge on any atom is 0.361 e. The van der Waals surface area contributed by atoms with E-state index in [-0.39, 0.29) is 28.6 Å². The van der Waals surface area contributed by atoms with E-state index in [0.29, 0.717) is 6.07 Å². The molecule has 0 aliphatic carbocycles. The second-order valence-electron chi connectivity index (χ2n) is 3.49. The van der Waals surface area contributed by atoms with Gasteiger partial charge in [-0.2, -0.15) is 10.3 Å². The van der Waals surface area contributed by atoms with Crippen molar-refractivity contribution in [3.8, 4) is 11.3 Å². The Bertz CT molecular complexity index is 630. The smallest absolute Gasteiger partial charge is 0.361 e. The minimum Gasteiger partial charge on any atom is -0.461 e. The van der Waals surface area contributed by atoms with Crippen molar-refractivity contribution < 1.29 is 18.3 Å². The number of carbonyl (C=O) groups is 1. The van der Waals surface area contributed by atoms with Gasteiger partial charge in [0.1, 0.15) is 17.3 Å². The summed E-state index contributed by atoms with van der Waals surface area (Å²) in [6.07, 6.45) is 0. The molecule has 0 saturated carbocycles. The molecular formula is C11H8ClF2N3O2. The number of carbonyl (C=O) groups excluding carboxylic acids is 1. The van der Waals surface area contributed by atoms with Crippen molar-refractivity contribution in [1.29, 1.82) is 0 Å². The van der Waals surface area contributed by atoms with E-state index in [4.69, 9.17) is 16.3 Å². The fourth-order valence-electron chi connectivity index (χ4n) is 1.49. The minimum absolute atomic E-state index is 0.0677. The summed E-state index contributed by atoms with van der Waals surface area (Å²) < 4.78 is 31.3. The predicted octanol–water partition coefficient (Wildman–Crippen LogP) is 2.58. The van der Waals surface area contributed by atoms with Gasteiger partial charge in [0.05, 0.1) is 11.6 Å². The van der Waals surface area contributed by atoms with Crippen LogP contribution in [-0.2, 0) is 4.74 Å². The molecule has 2 rings (SSSR count). The van der Waals surface area contributed by atoms with Crippen LogP contribution in [0, 0.1) is 11.6 Å². The van der Waals surface area contributed by atoms with E-state index in [1.54, 1.807) is 6.92 Å². The van der Waals surface area contributed by atoms with Crippen LogP contribution in [0.25, 0.3) is 11.3 Å². The zero-order chi connectivity index (χ0) is 14.0. The third-order valence-electron chi connectivity index (χ3n) is 2.26. The number of aromatic nitrogens is 3. The molecule has 0 amide bonds. The largest absolute Gasteiger partial charge is 0.461 e. The molecule has 1 aromatic carbocycles. The summed E-state index contributed by atoms with van der Waals surface area (Å²) in [6.45, 7) is 1.75. The molecule has 0 unspecified atom stereocenters. The van der Waals surface area contributed by atoms with E-state index in [0.717, 1.165) is 6.07 Å². The van der Waals surface area contributed by atoms with Crippen LogP contribution in [0.3, 0.4) is 0 Å². The van der Waals surface area contributed by atoms with Gasteiger partial charge in [0.15, 0.2) is 5.69 Å². The summed E-state index contributed by atoms with van der Waals surface area (Å²) in [5.41, 5.74) is -0.327. The maximum absolute atomic E-state index is 13.4. The first-order valence-corrected chi connectivity index (χ1v) is 5.65. The lowest BCUT2D eigenvalue weighted by atomic mass is 10.1. The Morgan fingerprint density at radius 2 is 2.16 bits per heavy atom. The van der Waals surface area contributed by atoms with Crippen LogP contribution in [0.2, 0.25) is 5.02 Å². The Morgan fingerprint density at radius 3 is 2.84 bits per heavy atom. The molecule has 1 N–H and O–H groups in total. The Balaban J connectivity index is 2.54. The monoisotopic (exact) mass is 287 g/mol. The van der Waals surface area contributed by atoms with E-state index in [2.05, 4.69) is 15.4 Å². The molecule has 19 heavy (non-hydrogen) atoms. The van der Waals surface area contributed by atoms with E-state index < -0.39 is 17.6 Å². The first-order chi connectivity index (χ1) is 9.04. The van der Waals surface area contributed by atoms with Crippen LogP contribution in [0.5, 0.6) is 0 Å². The van der Waals surface area contributed by atoms with Gasteiger partial charge in [0.2, 0.25) is 0 Å². The van der Waals surface area contributed by atoms with Gasteiger partial charge in [-0.25, -0.2) is 13.6 Å². The lowest BCUT2D eigenvalue weighted by Gasteiger charge is -2.04. The standard InChI is InChI=1S/C11H8ClF2N3O2/c1-2-19-11(18)10-9(15-17-16-10)6-3-5(13)4-7(14)8(6)12/h3-4H,2H2,1H3,(H,15,16,17). The summed E-state index contributed by atoms with van der Waals surface area (Å²) in [4.78, 5) is 11.6. The first kappa shape index (κ1) is 13.4. The summed E-state index contributed by atoms with van der Waals surface area (Å²) in [6, 6.07) is 1.60. The summed E-state index contributed by atoms with van der Waals surface area (Å²) >= 11 is 5.73. The van der Waals surface area contributed by atoms with Crippen molar-refractivity contribution in [2.45, 2.75) is 6.92 Å². The second kappa shape index (κ2) is 5.31. The molecule has 0 aliphatic rings. The molecule has 2 aromatic rings. The van der Waals surface area contributed by atoms with Gasteiger partial charge in [-0.15, -0.1) is 5.10 Å². The highest BCUT2D eigenvalue weighted by Crippen LogP contribution is 2.31. The van der Waals surface area contributed by atoms with Gasteiger partial charge >= 0.3 is 5.97 Å². The highest BCUT2D eigenvalue weighted by Gasteiger charge is 2.22. The van der Waals surface area contributed by atoms with Gasteiger partial charge < -0.3 is 4.74 Å². The topological polar surface area (TPSA) is 67.9 Å². The molecule has 1 heterocycles. The van der Waals surface area contributed by atoms with Crippen LogP contribution >= 0.6 is 11.6 Å². The molecule has 0 atom stereocenters. The number of rotatable bonds is 3. The van der Waals surface area contributed by atoms with Crippen molar-refractivity contribution in [2.75, 3.05) is 6.61 Å². The fourth-order valence-corrected chi connectivity index (χ4v) is 1.69. The Hall–Kier alpha value is -2.02. The summed E-state index contributed by atoms with van der Waals surface area (Å²) in [7, 11) is 0. The Kier molecular flexibility index (Phi) is 3.75. The summed E-state index contributed by atoms with van der Waals surface area (Å²) in [5, 5.41) is 9.13. The molecule has 8 heteroatoms. The maximum atomic E-state index is 13.4. The third-order valence-corrected chi connectivity index (χ3v) is 2.65. The number of benzene rings is 1. The SMILES string of the molecule is CCOC(=O)c1n[nH]nc1-c1cc(F)cc(F)c1Cl. The number of ether oxygens (including phenoxy) is 1. The van der Waals surface area contributed by atoms with Crippen molar-refractivity contribution in [1.82, 2.24) is 15.4 Å². The highest BCUT2D eigenvalue weighted by molar-refractivity contribution is 6.33. The van der Waals surface area contributed by atoms with Crippen molar-refractivity contribution in [3.63, 3.8) is 0 Å². The number of hydrogen-bond donors (Lipinski definition) is 1. The zero-order valence-corrected chi connectivity index (χ0v) is 10.5. The van der Waals surface area contributed by atoms with Crippen molar-refractivity contribution in [3.05, 3.63) is 34.5 Å². The molecule has 0 fully saturated rings. The number of H-pyrrole nitrogens is 1. The van der Waals surface area contributed by atoms with Crippen LogP contribution in [0.4, 0.5) is 8.78 Å². The Morgan fingerprint density at radius 1 is 1.42 bits per heavy atom. The number of hydrogen-bond acceptors (Lipinski definition) is 4. The molecule has 0 spiro atoms. The predicted molar refractivity (Wildman–Crippen MR) is 62.7 cm³/mol. The molecule has 0 saturated heterocycles. The van der Waals surface area contributed by atoms with E-state index in [1.165, 1.54) is 0 Å². The van der Waals surface area contributed by atoms with Crippen LogP contribution in [-0.4, -0.2) is 28.0 Å². The second-order valence-corrected chi connectivity index (χ2v) is 3.87. The van der Waals surface area contributed by atoms with Gasteiger partial charge in [0.25, 0.3) is 0 Å². The fraction of sp³-hybridized carbons (Fsp3) is 0.182. The van der Waals surface area contributed by atoms with Crippen LogP contribution < -0.4 is 0 Å². The number of aromatic amines is 1. The first-order valence-electron chi connectivity index (χ1n) is 5.27. The lowest BCUT2D eigenvalue weighted by molar-refractivity contribution is 0.0520. The highest BCUT2D eigenvalue weighted by atomic mass is 35.5. The van der Waals surface area contributed by atoms with Crippen LogP contribution in [0.15, 0.2) is 12.1 Å². The number of nitrogens with one attached hydrogen (secondary N) is 1. The normalized spacial score (nSPS) is 10.5. The molecule has 1 aromatic heterocycles. The quantitative estimate of drug-likeness (QED) is 0.696.